The number of benzene rings is 1. The molecule has 0 unspecified atom stereocenters. The summed E-state index contributed by atoms with van der Waals surface area (Å²) in [6.07, 6.45) is 1.31. The second-order valence-electron chi connectivity index (χ2n) is 6.33. The van der Waals surface area contributed by atoms with Crippen molar-refractivity contribution in [2.75, 3.05) is 26.4 Å². The first-order valence-electron chi connectivity index (χ1n) is 8.53. The van der Waals surface area contributed by atoms with E-state index in [1.54, 1.807) is 11.4 Å². The normalized spacial score (nSPS) is 21.8. The van der Waals surface area contributed by atoms with E-state index in [1.807, 2.05) is 18.2 Å². The van der Waals surface area contributed by atoms with Gasteiger partial charge in [0.05, 0.1) is 19.8 Å². The molecule has 1 spiro atoms. The molecule has 2 fully saturated rings. The summed E-state index contributed by atoms with van der Waals surface area (Å²) < 4.78 is 17.2. The van der Waals surface area contributed by atoms with Crippen molar-refractivity contribution < 1.29 is 19.0 Å². The highest BCUT2D eigenvalue weighted by atomic mass is 35.5. The Morgan fingerprint density at radius 1 is 1.38 bits per heavy atom. The standard InChI is InChI=1S/C18H19ClN2O4S/c19-13-3-1-2-12(8-13)17-21-15(11-26-17)16(22)20-9-14-10-24-18(25-14)4-6-23-7-5-18/h1-3,8,11,14H,4-7,9-10H2,(H,20,22)/t14-/m0/s1. The van der Waals surface area contributed by atoms with E-state index in [9.17, 15) is 4.79 Å². The van der Waals surface area contributed by atoms with Crippen molar-refractivity contribution in [2.45, 2.75) is 24.7 Å². The molecule has 1 amide bonds. The third kappa shape index (κ3) is 3.92. The minimum absolute atomic E-state index is 0.150. The van der Waals surface area contributed by atoms with Crippen molar-refractivity contribution in [3.8, 4) is 10.6 Å². The first kappa shape index (κ1) is 17.9. The van der Waals surface area contributed by atoms with Gasteiger partial charge < -0.3 is 19.5 Å². The van der Waals surface area contributed by atoms with Gasteiger partial charge in [0.15, 0.2) is 5.79 Å². The molecule has 1 aromatic heterocycles. The molecule has 8 heteroatoms. The van der Waals surface area contributed by atoms with Gasteiger partial charge in [-0.2, -0.15) is 0 Å². The second kappa shape index (κ2) is 7.62. The van der Waals surface area contributed by atoms with Crippen LogP contribution in [0.5, 0.6) is 0 Å². The number of halogens is 1. The molecule has 3 heterocycles. The zero-order chi connectivity index (χ0) is 18.0. The molecule has 26 heavy (non-hydrogen) atoms. The number of amides is 1. The van der Waals surface area contributed by atoms with Gasteiger partial charge >= 0.3 is 0 Å². The first-order chi connectivity index (χ1) is 12.6. The van der Waals surface area contributed by atoms with E-state index in [0.717, 1.165) is 23.4 Å². The predicted molar refractivity (Wildman–Crippen MR) is 98.5 cm³/mol. The number of ether oxygens (including phenoxy) is 3. The summed E-state index contributed by atoms with van der Waals surface area (Å²) in [6, 6.07) is 7.42. The van der Waals surface area contributed by atoms with E-state index in [4.69, 9.17) is 25.8 Å². The topological polar surface area (TPSA) is 69.7 Å². The number of carbonyl (C=O) groups excluding carboxylic acids is 1. The maximum atomic E-state index is 12.4. The monoisotopic (exact) mass is 394 g/mol. The highest BCUT2D eigenvalue weighted by Gasteiger charge is 2.42. The number of carbonyl (C=O) groups is 1. The number of nitrogens with zero attached hydrogens (tertiary/aromatic N) is 1. The van der Waals surface area contributed by atoms with E-state index < -0.39 is 5.79 Å². The lowest BCUT2D eigenvalue weighted by molar-refractivity contribution is -0.210. The highest BCUT2D eigenvalue weighted by Crippen LogP contribution is 2.33. The molecule has 138 valence electrons. The number of rotatable bonds is 4. The van der Waals surface area contributed by atoms with Gasteiger partial charge in [-0.1, -0.05) is 23.7 Å². The molecule has 1 N–H and O–H groups in total. The Balaban J connectivity index is 1.33. The van der Waals surface area contributed by atoms with Gasteiger partial charge in [0.25, 0.3) is 5.91 Å². The quantitative estimate of drug-likeness (QED) is 0.862. The summed E-state index contributed by atoms with van der Waals surface area (Å²) in [6.45, 7) is 2.16. The van der Waals surface area contributed by atoms with Crippen molar-refractivity contribution in [3.63, 3.8) is 0 Å². The van der Waals surface area contributed by atoms with Gasteiger partial charge in [0, 0.05) is 35.4 Å². The molecule has 2 aliphatic rings. The summed E-state index contributed by atoms with van der Waals surface area (Å²) in [7, 11) is 0. The fourth-order valence-corrected chi connectivity index (χ4v) is 4.08. The first-order valence-corrected chi connectivity index (χ1v) is 9.78. The molecule has 0 saturated carbocycles. The van der Waals surface area contributed by atoms with Gasteiger partial charge in [0.2, 0.25) is 0 Å². The number of thiazole rings is 1. The van der Waals surface area contributed by atoms with Crippen molar-refractivity contribution in [3.05, 3.63) is 40.4 Å². The van der Waals surface area contributed by atoms with Crippen LogP contribution in [0.4, 0.5) is 0 Å². The smallest absolute Gasteiger partial charge is 0.270 e. The summed E-state index contributed by atoms with van der Waals surface area (Å²) >= 11 is 7.43. The largest absolute Gasteiger partial charge is 0.381 e. The Bertz CT molecular complexity index is 791. The van der Waals surface area contributed by atoms with Crippen LogP contribution in [0.15, 0.2) is 29.6 Å². The lowest BCUT2D eigenvalue weighted by Crippen LogP contribution is -2.39. The van der Waals surface area contributed by atoms with E-state index in [2.05, 4.69) is 10.3 Å². The van der Waals surface area contributed by atoms with Crippen LogP contribution in [0, 0.1) is 0 Å². The Hall–Kier alpha value is -1.51. The molecule has 6 nitrogen and oxygen atoms in total. The van der Waals surface area contributed by atoms with Crippen LogP contribution in [-0.2, 0) is 14.2 Å². The zero-order valence-corrected chi connectivity index (χ0v) is 15.6. The van der Waals surface area contributed by atoms with Gasteiger partial charge in [-0.15, -0.1) is 11.3 Å². The van der Waals surface area contributed by atoms with Crippen LogP contribution in [-0.4, -0.2) is 49.1 Å². The van der Waals surface area contributed by atoms with Crippen LogP contribution in [0.1, 0.15) is 23.3 Å². The number of nitrogens with one attached hydrogen (secondary N) is 1. The van der Waals surface area contributed by atoms with Crippen LogP contribution in [0.25, 0.3) is 10.6 Å². The lowest BCUT2D eigenvalue weighted by atomic mass is 10.1. The molecular weight excluding hydrogens is 376 g/mol. The van der Waals surface area contributed by atoms with E-state index in [1.165, 1.54) is 11.3 Å². The van der Waals surface area contributed by atoms with Crippen LogP contribution in [0.2, 0.25) is 5.02 Å². The summed E-state index contributed by atoms with van der Waals surface area (Å²) in [5, 5.41) is 6.04. The van der Waals surface area contributed by atoms with E-state index >= 15 is 0 Å². The summed E-state index contributed by atoms with van der Waals surface area (Å²) in [5.41, 5.74) is 1.29. The molecule has 2 aromatic rings. The summed E-state index contributed by atoms with van der Waals surface area (Å²) in [4.78, 5) is 16.8. The Kier molecular flexibility index (Phi) is 5.24. The SMILES string of the molecule is O=C(NC[C@H]1COC2(CCOCC2)O1)c1csc(-c2cccc(Cl)c2)n1. The lowest BCUT2D eigenvalue weighted by Gasteiger charge is -2.31. The molecule has 2 aliphatic heterocycles. The predicted octanol–water partition coefficient (Wildman–Crippen LogP) is 3.12. The number of hydrogen-bond acceptors (Lipinski definition) is 6. The fraction of sp³-hybridized carbons (Fsp3) is 0.444. The molecule has 4 rings (SSSR count). The zero-order valence-electron chi connectivity index (χ0n) is 14.1. The maximum absolute atomic E-state index is 12.4. The van der Waals surface area contributed by atoms with Gasteiger partial charge in [-0.05, 0) is 12.1 Å². The van der Waals surface area contributed by atoms with Crippen LogP contribution in [0.3, 0.4) is 0 Å². The van der Waals surface area contributed by atoms with Gasteiger partial charge in [-0.25, -0.2) is 4.98 Å². The third-order valence-electron chi connectivity index (χ3n) is 4.47. The number of hydrogen-bond donors (Lipinski definition) is 1. The minimum Gasteiger partial charge on any atom is -0.381 e. The number of aromatic nitrogens is 1. The molecule has 0 radical (unpaired) electrons. The average molecular weight is 395 g/mol. The third-order valence-corrected chi connectivity index (χ3v) is 5.59. The van der Waals surface area contributed by atoms with Crippen molar-refractivity contribution >= 4 is 28.8 Å². The van der Waals surface area contributed by atoms with E-state index in [0.29, 0.717) is 37.1 Å². The highest BCUT2D eigenvalue weighted by molar-refractivity contribution is 7.13. The molecular formula is C18H19ClN2O4S. The summed E-state index contributed by atoms with van der Waals surface area (Å²) in [5.74, 6) is -0.750. The minimum atomic E-state index is -0.534. The van der Waals surface area contributed by atoms with Crippen LogP contribution >= 0.6 is 22.9 Å². The van der Waals surface area contributed by atoms with Crippen LogP contribution < -0.4 is 5.32 Å². The molecule has 0 bridgehead atoms. The van der Waals surface area contributed by atoms with Crippen molar-refractivity contribution in [1.29, 1.82) is 0 Å². The molecule has 0 aliphatic carbocycles. The Morgan fingerprint density at radius 3 is 3.04 bits per heavy atom. The molecule has 1 aromatic carbocycles. The molecule has 2 saturated heterocycles. The van der Waals surface area contributed by atoms with Crippen molar-refractivity contribution in [1.82, 2.24) is 10.3 Å². The van der Waals surface area contributed by atoms with Crippen molar-refractivity contribution in [2.24, 2.45) is 0 Å². The Labute approximate surface area is 160 Å². The van der Waals surface area contributed by atoms with Gasteiger partial charge in [-0.3, -0.25) is 4.79 Å². The van der Waals surface area contributed by atoms with Gasteiger partial charge in [0.1, 0.15) is 16.8 Å². The van der Waals surface area contributed by atoms with E-state index in [-0.39, 0.29) is 12.0 Å². The second-order valence-corrected chi connectivity index (χ2v) is 7.63. The average Bonchev–Trinajstić information content (AvgIpc) is 3.28. The fourth-order valence-electron chi connectivity index (χ4n) is 3.09. The maximum Gasteiger partial charge on any atom is 0.270 e. The molecule has 1 atom stereocenters. The Morgan fingerprint density at radius 2 is 2.23 bits per heavy atom.